The Bertz CT molecular complexity index is 514. The average Bonchev–Trinajstić information content (AvgIpc) is 2.21. The standard InChI is InChI=1S/C11H9F2NO4/c12-7-2-1-6(3-8(7)13)14-9(15)11(10(16)17)4-18-5-11/h1-3H,4-5H2,(H,14,15)(H,16,17). The molecule has 0 aliphatic carbocycles. The molecule has 18 heavy (non-hydrogen) atoms. The van der Waals surface area contributed by atoms with Crippen molar-refractivity contribution in [3.05, 3.63) is 29.8 Å². The second-order valence-corrected chi connectivity index (χ2v) is 3.96. The largest absolute Gasteiger partial charge is 0.480 e. The predicted octanol–water partition coefficient (Wildman–Crippen LogP) is 1.00. The first-order valence-corrected chi connectivity index (χ1v) is 5.03. The number of aliphatic carboxylic acids is 1. The van der Waals surface area contributed by atoms with Crippen molar-refractivity contribution in [3.63, 3.8) is 0 Å². The Labute approximate surface area is 100 Å². The fourth-order valence-electron chi connectivity index (χ4n) is 1.48. The van der Waals surface area contributed by atoms with Crippen LogP contribution in [0, 0.1) is 17.0 Å². The Kier molecular flexibility index (Phi) is 3.00. The van der Waals surface area contributed by atoms with Gasteiger partial charge in [0.25, 0.3) is 0 Å². The van der Waals surface area contributed by atoms with Crippen molar-refractivity contribution in [2.75, 3.05) is 18.5 Å². The highest BCUT2D eigenvalue weighted by Crippen LogP contribution is 2.29. The van der Waals surface area contributed by atoms with Crippen molar-refractivity contribution in [3.8, 4) is 0 Å². The number of ether oxygens (including phenoxy) is 1. The molecule has 5 nitrogen and oxygen atoms in total. The van der Waals surface area contributed by atoms with Gasteiger partial charge in [-0.1, -0.05) is 0 Å². The molecule has 0 spiro atoms. The number of benzene rings is 1. The van der Waals surface area contributed by atoms with Gasteiger partial charge in [-0.25, -0.2) is 8.78 Å². The summed E-state index contributed by atoms with van der Waals surface area (Å²) < 4.78 is 30.3. The Morgan fingerprint density at radius 3 is 2.39 bits per heavy atom. The van der Waals surface area contributed by atoms with E-state index in [4.69, 9.17) is 9.84 Å². The van der Waals surface area contributed by atoms with Gasteiger partial charge in [0.05, 0.1) is 13.2 Å². The number of carboxylic acids is 1. The summed E-state index contributed by atoms with van der Waals surface area (Å²) in [6.45, 7) is -0.477. The fourth-order valence-corrected chi connectivity index (χ4v) is 1.48. The number of hydrogen-bond acceptors (Lipinski definition) is 3. The third-order valence-corrected chi connectivity index (χ3v) is 2.72. The highest BCUT2D eigenvalue weighted by molar-refractivity contribution is 6.09. The molecule has 1 fully saturated rings. The first-order chi connectivity index (χ1) is 8.45. The third kappa shape index (κ3) is 1.92. The molecule has 2 N–H and O–H groups in total. The van der Waals surface area contributed by atoms with Crippen LogP contribution in [0.2, 0.25) is 0 Å². The lowest BCUT2D eigenvalue weighted by atomic mass is 9.85. The molecule has 1 aliphatic heterocycles. The molecule has 0 atom stereocenters. The summed E-state index contributed by atoms with van der Waals surface area (Å²) in [6, 6.07) is 2.77. The maximum Gasteiger partial charge on any atom is 0.324 e. The molecule has 96 valence electrons. The smallest absolute Gasteiger partial charge is 0.324 e. The molecule has 1 aromatic carbocycles. The topological polar surface area (TPSA) is 75.6 Å². The number of amides is 1. The molecule has 0 aromatic heterocycles. The van der Waals surface area contributed by atoms with Crippen LogP contribution in [0.1, 0.15) is 0 Å². The lowest BCUT2D eigenvalue weighted by Crippen LogP contribution is -2.57. The lowest BCUT2D eigenvalue weighted by Gasteiger charge is -2.35. The van der Waals surface area contributed by atoms with Crippen LogP contribution >= 0.6 is 0 Å². The van der Waals surface area contributed by atoms with E-state index in [1.807, 2.05) is 0 Å². The maximum atomic E-state index is 12.9. The molecule has 2 rings (SSSR count). The monoisotopic (exact) mass is 257 g/mol. The van der Waals surface area contributed by atoms with Gasteiger partial charge in [0.15, 0.2) is 17.0 Å². The summed E-state index contributed by atoms with van der Waals surface area (Å²) in [4.78, 5) is 22.7. The Morgan fingerprint density at radius 1 is 1.28 bits per heavy atom. The van der Waals surface area contributed by atoms with Crippen molar-refractivity contribution in [2.24, 2.45) is 5.41 Å². The normalized spacial score (nSPS) is 16.8. The summed E-state index contributed by atoms with van der Waals surface area (Å²) >= 11 is 0. The molecule has 0 unspecified atom stereocenters. The number of carbonyl (C=O) groups is 2. The molecule has 1 amide bonds. The highest BCUT2D eigenvalue weighted by Gasteiger charge is 2.53. The second kappa shape index (κ2) is 4.34. The van der Waals surface area contributed by atoms with Crippen LogP contribution in [-0.4, -0.2) is 30.2 Å². The Morgan fingerprint density at radius 2 is 1.94 bits per heavy atom. The van der Waals surface area contributed by atoms with Crippen LogP contribution in [0.5, 0.6) is 0 Å². The minimum absolute atomic E-state index is 0.00794. The van der Waals surface area contributed by atoms with Crippen molar-refractivity contribution < 1.29 is 28.2 Å². The third-order valence-electron chi connectivity index (χ3n) is 2.72. The minimum Gasteiger partial charge on any atom is -0.480 e. The zero-order valence-electron chi connectivity index (χ0n) is 9.07. The number of hydrogen-bond donors (Lipinski definition) is 2. The lowest BCUT2D eigenvalue weighted by molar-refractivity contribution is -0.182. The van der Waals surface area contributed by atoms with Gasteiger partial charge in [-0.15, -0.1) is 0 Å². The minimum atomic E-state index is -1.65. The van der Waals surface area contributed by atoms with Crippen molar-refractivity contribution in [1.82, 2.24) is 0 Å². The van der Waals surface area contributed by atoms with Crippen LogP contribution < -0.4 is 5.32 Å². The summed E-state index contributed by atoms with van der Waals surface area (Å²) in [7, 11) is 0. The molecular formula is C11H9F2NO4. The van der Waals surface area contributed by atoms with E-state index in [0.717, 1.165) is 18.2 Å². The van der Waals surface area contributed by atoms with E-state index in [-0.39, 0.29) is 18.9 Å². The molecule has 1 saturated heterocycles. The first kappa shape index (κ1) is 12.4. The summed E-state index contributed by atoms with van der Waals surface area (Å²) in [5.74, 6) is -4.30. The van der Waals surface area contributed by atoms with Crippen LogP contribution in [-0.2, 0) is 14.3 Å². The summed E-state index contributed by atoms with van der Waals surface area (Å²) in [5.41, 5.74) is -1.66. The van der Waals surface area contributed by atoms with Gasteiger partial charge in [-0.3, -0.25) is 9.59 Å². The predicted molar refractivity (Wildman–Crippen MR) is 55.9 cm³/mol. The molecule has 0 bridgehead atoms. The molecular weight excluding hydrogens is 248 g/mol. The van der Waals surface area contributed by atoms with Gasteiger partial charge in [0, 0.05) is 11.8 Å². The van der Waals surface area contributed by atoms with E-state index >= 15 is 0 Å². The van der Waals surface area contributed by atoms with Gasteiger partial charge in [0.1, 0.15) is 0 Å². The van der Waals surface area contributed by atoms with Crippen molar-refractivity contribution in [2.45, 2.75) is 0 Å². The van der Waals surface area contributed by atoms with E-state index in [9.17, 15) is 18.4 Å². The fraction of sp³-hybridized carbons (Fsp3) is 0.273. The summed E-state index contributed by atoms with van der Waals surface area (Å²) in [6.07, 6.45) is 0. The van der Waals surface area contributed by atoms with Crippen molar-refractivity contribution >= 4 is 17.6 Å². The SMILES string of the molecule is O=C(O)C1(C(=O)Nc2ccc(F)c(F)c2)COC1. The number of halogens is 2. The molecule has 1 aliphatic rings. The van der Waals surface area contributed by atoms with Crippen LogP contribution in [0.4, 0.5) is 14.5 Å². The number of carbonyl (C=O) groups excluding carboxylic acids is 1. The van der Waals surface area contributed by atoms with Gasteiger partial charge in [-0.2, -0.15) is 0 Å². The van der Waals surface area contributed by atoms with Crippen LogP contribution in [0.3, 0.4) is 0 Å². The number of carboxylic acid groups (broad SMARTS) is 1. The molecule has 1 heterocycles. The molecule has 0 radical (unpaired) electrons. The average molecular weight is 257 g/mol. The van der Waals surface area contributed by atoms with E-state index in [2.05, 4.69) is 5.32 Å². The van der Waals surface area contributed by atoms with Crippen molar-refractivity contribution in [1.29, 1.82) is 0 Å². The number of rotatable bonds is 3. The van der Waals surface area contributed by atoms with Crippen LogP contribution in [0.25, 0.3) is 0 Å². The van der Waals surface area contributed by atoms with Gasteiger partial charge < -0.3 is 15.2 Å². The quantitative estimate of drug-likeness (QED) is 0.792. The van der Waals surface area contributed by atoms with Gasteiger partial charge >= 0.3 is 5.97 Å². The zero-order chi connectivity index (χ0) is 13.3. The highest BCUT2D eigenvalue weighted by atomic mass is 19.2. The van der Waals surface area contributed by atoms with E-state index < -0.39 is 28.9 Å². The van der Waals surface area contributed by atoms with E-state index in [1.165, 1.54) is 0 Å². The van der Waals surface area contributed by atoms with E-state index in [1.54, 1.807) is 0 Å². The molecule has 1 aromatic rings. The van der Waals surface area contributed by atoms with Gasteiger partial charge in [0.2, 0.25) is 5.91 Å². The first-order valence-electron chi connectivity index (χ1n) is 5.03. The number of nitrogens with one attached hydrogen (secondary N) is 1. The summed E-state index contributed by atoms with van der Waals surface area (Å²) in [5, 5.41) is 11.2. The van der Waals surface area contributed by atoms with Crippen LogP contribution in [0.15, 0.2) is 18.2 Å². The number of anilines is 1. The molecule has 0 saturated carbocycles. The zero-order valence-corrected chi connectivity index (χ0v) is 9.07. The maximum absolute atomic E-state index is 12.9. The Balaban J connectivity index is 2.16. The Hall–Kier alpha value is -2.02. The second-order valence-electron chi connectivity index (χ2n) is 3.96. The molecule has 7 heteroatoms. The van der Waals surface area contributed by atoms with Gasteiger partial charge in [-0.05, 0) is 12.1 Å². The van der Waals surface area contributed by atoms with E-state index in [0.29, 0.717) is 0 Å².